The molecule has 1 fully saturated rings. The molecular weight excluding hydrogens is 566 g/mol. The van der Waals surface area contributed by atoms with Gasteiger partial charge in [-0.05, 0) is 30.7 Å². The van der Waals surface area contributed by atoms with Crippen LogP contribution >= 0.6 is 0 Å². The lowest BCUT2D eigenvalue weighted by atomic mass is 9.84. The Morgan fingerprint density at radius 1 is 0.955 bits per heavy atom. The highest BCUT2D eigenvalue weighted by Crippen LogP contribution is 2.27. The fourth-order valence-electron chi connectivity index (χ4n) is 5.09. The number of aliphatic hydroxyl groups is 1. The van der Waals surface area contributed by atoms with Crippen molar-refractivity contribution in [1.29, 1.82) is 0 Å². The van der Waals surface area contributed by atoms with E-state index in [9.17, 15) is 19.2 Å². The summed E-state index contributed by atoms with van der Waals surface area (Å²) in [6.07, 6.45) is 8.86. The summed E-state index contributed by atoms with van der Waals surface area (Å²) < 4.78 is 16.0. The summed E-state index contributed by atoms with van der Waals surface area (Å²) in [5.41, 5.74) is 0.811. The first-order valence-electron chi connectivity index (χ1n) is 15.5. The zero-order valence-electron chi connectivity index (χ0n) is 25.7. The highest BCUT2D eigenvalue weighted by Gasteiger charge is 2.28. The fourth-order valence-corrected chi connectivity index (χ4v) is 5.09. The summed E-state index contributed by atoms with van der Waals surface area (Å²) >= 11 is 0. The van der Waals surface area contributed by atoms with Crippen molar-refractivity contribution in [2.45, 2.75) is 76.5 Å². The van der Waals surface area contributed by atoms with Gasteiger partial charge in [0.15, 0.2) is 0 Å². The first-order valence-corrected chi connectivity index (χ1v) is 15.5. The molecule has 0 aliphatic heterocycles. The highest BCUT2D eigenvalue weighted by molar-refractivity contribution is 5.86. The zero-order chi connectivity index (χ0) is 32.0. The molecule has 44 heavy (non-hydrogen) atoms. The van der Waals surface area contributed by atoms with Gasteiger partial charge < -0.3 is 35.3 Å². The van der Waals surface area contributed by atoms with E-state index in [0.29, 0.717) is 18.8 Å². The number of hydrogen-bond acceptors (Lipinski definition) is 8. The first kappa shape index (κ1) is 36.5. The second-order valence-corrected chi connectivity index (χ2v) is 11.0. The van der Waals surface area contributed by atoms with Crippen molar-refractivity contribution in [3.05, 3.63) is 61.2 Å². The fraction of sp³-hybridized carbons (Fsp3) is 0.576. The molecule has 0 bridgehead atoms. The van der Waals surface area contributed by atoms with Crippen molar-refractivity contribution >= 4 is 23.9 Å². The molecule has 3 amide bonds. The van der Waals surface area contributed by atoms with Crippen LogP contribution in [0.1, 0.15) is 63.4 Å². The summed E-state index contributed by atoms with van der Waals surface area (Å²) in [4.78, 5) is 51.2. The Labute approximate surface area is 260 Å². The number of allylic oxidation sites excluding steroid dienone is 1. The Bertz CT molecular complexity index is 1030. The zero-order valence-corrected chi connectivity index (χ0v) is 25.7. The lowest BCUT2D eigenvalue weighted by Crippen LogP contribution is -2.46. The Morgan fingerprint density at radius 3 is 2.36 bits per heavy atom. The molecule has 0 heterocycles. The number of carbonyl (C=O) groups excluding carboxylic acids is 4. The van der Waals surface area contributed by atoms with Gasteiger partial charge in [0.05, 0.1) is 31.8 Å². The maximum Gasteiger partial charge on any atom is 0.408 e. The summed E-state index contributed by atoms with van der Waals surface area (Å²) in [5, 5.41) is 17.1. The van der Waals surface area contributed by atoms with Crippen molar-refractivity contribution in [1.82, 2.24) is 16.0 Å². The van der Waals surface area contributed by atoms with E-state index in [1.165, 1.54) is 12.5 Å². The van der Waals surface area contributed by atoms with Crippen molar-refractivity contribution in [3.63, 3.8) is 0 Å². The normalized spacial score (nSPS) is 15.2. The van der Waals surface area contributed by atoms with Gasteiger partial charge in [-0.15, -0.1) is 13.2 Å². The van der Waals surface area contributed by atoms with Crippen LogP contribution in [0, 0.1) is 11.8 Å². The van der Waals surface area contributed by atoms with Crippen LogP contribution in [0.5, 0.6) is 0 Å². The summed E-state index contributed by atoms with van der Waals surface area (Å²) in [6, 6.07) is 7.72. The Balaban J connectivity index is 1.97. The van der Waals surface area contributed by atoms with E-state index in [1.807, 2.05) is 30.3 Å². The maximum atomic E-state index is 13.3. The largest absolute Gasteiger partial charge is 0.462 e. The molecule has 0 spiro atoms. The molecule has 1 aromatic carbocycles. The Kier molecular flexibility index (Phi) is 18.2. The number of benzene rings is 1. The number of hydrogen-bond donors (Lipinski definition) is 4. The van der Waals surface area contributed by atoms with E-state index in [-0.39, 0.29) is 64.2 Å². The van der Waals surface area contributed by atoms with Crippen molar-refractivity contribution in [2.75, 3.05) is 33.0 Å². The Hall–Kier alpha value is -3.70. The second-order valence-electron chi connectivity index (χ2n) is 11.0. The smallest absolute Gasteiger partial charge is 0.408 e. The van der Waals surface area contributed by atoms with E-state index in [4.69, 9.17) is 19.3 Å². The topological polar surface area (TPSA) is 152 Å². The van der Waals surface area contributed by atoms with Gasteiger partial charge in [-0.3, -0.25) is 9.59 Å². The molecule has 0 radical (unpaired) electrons. The van der Waals surface area contributed by atoms with Crippen LogP contribution in [0.4, 0.5) is 4.79 Å². The lowest BCUT2D eigenvalue weighted by Gasteiger charge is -2.28. The quantitative estimate of drug-likeness (QED) is 0.0931. The third-order valence-corrected chi connectivity index (χ3v) is 7.37. The van der Waals surface area contributed by atoms with Crippen molar-refractivity contribution in [3.8, 4) is 0 Å². The molecule has 1 aromatic rings. The van der Waals surface area contributed by atoms with Gasteiger partial charge in [0.2, 0.25) is 11.8 Å². The van der Waals surface area contributed by atoms with Gasteiger partial charge in [-0.25, -0.2) is 9.59 Å². The summed E-state index contributed by atoms with van der Waals surface area (Å²) in [6.45, 7) is 7.99. The van der Waals surface area contributed by atoms with Crippen LogP contribution in [-0.4, -0.2) is 74.0 Å². The van der Waals surface area contributed by atoms with Crippen LogP contribution in [-0.2, 0) is 35.2 Å². The van der Waals surface area contributed by atoms with E-state index in [0.717, 1.165) is 31.2 Å². The molecule has 11 nitrogen and oxygen atoms in total. The molecule has 3 atom stereocenters. The average Bonchev–Trinajstić information content (AvgIpc) is 3.03. The monoisotopic (exact) mass is 615 g/mol. The molecule has 0 saturated heterocycles. The van der Waals surface area contributed by atoms with E-state index >= 15 is 0 Å². The minimum Gasteiger partial charge on any atom is -0.462 e. The molecule has 1 aliphatic carbocycles. The summed E-state index contributed by atoms with van der Waals surface area (Å²) in [5.74, 6) is -1.55. The van der Waals surface area contributed by atoms with Gasteiger partial charge in [0, 0.05) is 13.0 Å². The summed E-state index contributed by atoms with van der Waals surface area (Å²) in [7, 11) is 0. The van der Waals surface area contributed by atoms with Gasteiger partial charge in [0.1, 0.15) is 19.3 Å². The molecular formula is C33H49N3O8. The predicted octanol–water partition coefficient (Wildman–Crippen LogP) is 3.56. The molecule has 244 valence electrons. The standard InChI is InChI=1S/C33H49N3O8/c1-3-11-27(22-30(38)34-17-19-42-20-18-37)31(39)35-28(21-25-13-7-5-8-14-25)24-43-32(40)29(12-4-2)36-33(41)44-23-26-15-9-6-10-16-26/h3-4,6,9-10,15-16,25,27-29,37H,1-2,5,7-8,11-14,17-24H2,(H,34,38)(H,35,39)(H,36,41)/t27-,28+,29-/m1/s1. The number of ether oxygens (including phenoxy) is 3. The molecule has 1 aliphatic rings. The Morgan fingerprint density at radius 2 is 1.68 bits per heavy atom. The van der Waals surface area contributed by atoms with Crippen LogP contribution in [0.2, 0.25) is 0 Å². The number of alkyl carbamates (subject to hydrolysis) is 1. The van der Waals surface area contributed by atoms with E-state index in [2.05, 4.69) is 29.1 Å². The molecule has 4 N–H and O–H groups in total. The second kappa shape index (κ2) is 21.9. The highest BCUT2D eigenvalue weighted by atomic mass is 16.6. The number of carbonyl (C=O) groups is 4. The molecule has 0 aromatic heterocycles. The van der Waals surface area contributed by atoms with Crippen LogP contribution in [0.3, 0.4) is 0 Å². The number of amides is 3. The van der Waals surface area contributed by atoms with Gasteiger partial charge in [-0.1, -0.05) is 74.6 Å². The number of rotatable bonds is 21. The third-order valence-electron chi connectivity index (χ3n) is 7.37. The number of aliphatic hydroxyl groups excluding tert-OH is 1. The van der Waals surface area contributed by atoms with Gasteiger partial charge in [0.25, 0.3) is 0 Å². The van der Waals surface area contributed by atoms with E-state index < -0.39 is 30.1 Å². The maximum absolute atomic E-state index is 13.3. The SMILES string of the molecule is C=CC[C@H](CC(=O)NCCOCCO)C(=O)N[C@H](COC(=O)[C@@H](CC=C)NC(=O)OCc1ccccc1)CC1CCCCC1. The molecule has 0 unspecified atom stereocenters. The van der Waals surface area contributed by atoms with Crippen LogP contribution in [0.15, 0.2) is 55.6 Å². The molecule has 1 saturated carbocycles. The van der Waals surface area contributed by atoms with Gasteiger partial charge in [-0.2, -0.15) is 0 Å². The van der Waals surface area contributed by atoms with Gasteiger partial charge >= 0.3 is 12.1 Å². The number of nitrogens with one attached hydrogen (secondary N) is 3. The van der Waals surface area contributed by atoms with Crippen LogP contribution in [0.25, 0.3) is 0 Å². The lowest BCUT2D eigenvalue weighted by molar-refractivity contribution is -0.147. The molecule has 2 rings (SSSR count). The van der Waals surface area contributed by atoms with E-state index in [1.54, 1.807) is 6.08 Å². The van der Waals surface area contributed by atoms with Crippen molar-refractivity contribution in [2.24, 2.45) is 11.8 Å². The van der Waals surface area contributed by atoms with Crippen molar-refractivity contribution < 1.29 is 38.5 Å². The number of esters is 1. The minimum atomic E-state index is -1.000. The average molecular weight is 616 g/mol. The first-order chi connectivity index (χ1) is 21.4. The van der Waals surface area contributed by atoms with Crippen LogP contribution < -0.4 is 16.0 Å². The third kappa shape index (κ3) is 15.2. The molecule has 11 heteroatoms. The minimum absolute atomic E-state index is 0.0375. The predicted molar refractivity (Wildman–Crippen MR) is 166 cm³/mol.